The van der Waals surface area contributed by atoms with Gasteiger partial charge in [-0.3, -0.25) is 9.59 Å². The number of carbonyl (C=O) groups excluding carboxylic acids is 2. The van der Waals surface area contributed by atoms with E-state index in [1.165, 1.54) is 13.1 Å². The molecule has 2 amide bonds. The largest absolute Gasteiger partial charge is 0.493 e. The number of hydrazone groups is 1. The first-order valence-corrected chi connectivity index (χ1v) is 10.8. The first-order chi connectivity index (χ1) is 15.5. The van der Waals surface area contributed by atoms with E-state index in [9.17, 15) is 9.59 Å². The Hall–Kier alpha value is -3.40. The minimum Gasteiger partial charge on any atom is -0.493 e. The molecule has 0 heterocycles. The number of carbonyl (C=O) groups is 2. The highest BCUT2D eigenvalue weighted by molar-refractivity contribution is 14.1. The highest BCUT2D eigenvalue weighted by atomic mass is 127. The third-order valence-electron chi connectivity index (χ3n) is 4.32. The summed E-state index contributed by atoms with van der Waals surface area (Å²) in [6, 6.07) is 20.1. The van der Waals surface area contributed by atoms with Crippen LogP contribution in [0.4, 0.5) is 5.69 Å². The molecule has 164 valence electrons. The van der Waals surface area contributed by atoms with Crippen LogP contribution in [-0.2, 0) is 11.4 Å². The molecule has 0 aliphatic carbocycles. The van der Waals surface area contributed by atoms with E-state index >= 15 is 0 Å². The SMILES string of the molecule is COc1cc(/C=N\NC(=O)c2ccc(NC(C)=O)cc2)cc(I)c1OCc1ccccc1. The molecule has 0 aromatic heterocycles. The molecule has 0 unspecified atom stereocenters. The maximum Gasteiger partial charge on any atom is 0.271 e. The van der Waals surface area contributed by atoms with E-state index in [4.69, 9.17) is 9.47 Å². The molecule has 0 radical (unpaired) electrons. The molecular formula is C24H22IN3O4. The molecule has 7 nitrogen and oxygen atoms in total. The van der Waals surface area contributed by atoms with Crippen LogP contribution in [0, 0.1) is 3.57 Å². The average molecular weight is 543 g/mol. The van der Waals surface area contributed by atoms with E-state index in [1.54, 1.807) is 37.4 Å². The van der Waals surface area contributed by atoms with Gasteiger partial charge in [-0.15, -0.1) is 0 Å². The van der Waals surface area contributed by atoms with Gasteiger partial charge in [0.15, 0.2) is 11.5 Å². The number of rotatable bonds is 8. The number of nitrogens with one attached hydrogen (secondary N) is 2. The molecule has 3 aromatic carbocycles. The molecule has 0 saturated heterocycles. The Bertz CT molecular complexity index is 1120. The molecule has 0 aliphatic rings. The van der Waals surface area contributed by atoms with Gasteiger partial charge in [0.1, 0.15) is 6.61 Å². The monoisotopic (exact) mass is 543 g/mol. The average Bonchev–Trinajstić information content (AvgIpc) is 2.78. The topological polar surface area (TPSA) is 89.0 Å². The van der Waals surface area contributed by atoms with Crippen LogP contribution in [0.3, 0.4) is 0 Å². The predicted octanol–water partition coefficient (Wildman–Crippen LogP) is 4.60. The lowest BCUT2D eigenvalue weighted by Gasteiger charge is -2.13. The van der Waals surface area contributed by atoms with Crippen LogP contribution in [0.15, 0.2) is 71.8 Å². The van der Waals surface area contributed by atoms with Gasteiger partial charge in [-0.2, -0.15) is 5.10 Å². The van der Waals surface area contributed by atoms with Crippen LogP contribution < -0.4 is 20.2 Å². The highest BCUT2D eigenvalue weighted by Crippen LogP contribution is 2.34. The van der Waals surface area contributed by atoms with Gasteiger partial charge >= 0.3 is 0 Å². The summed E-state index contributed by atoms with van der Waals surface area (Å²) in [6.45, 7) is 1.85. The van der Waals surface area contributed by atoms with Gasteiger partial charge in [-0.05, 0) is 70.1 Å². The highest BCUT2D eigenvalue weighted by Gasteiger charge is 2.12. The van der Waals surface area contributed by atoms with E-state index in [2.05, 4.69) is 38.4 Å². The molecule has 2 N–H and O–H groups in total. The van der Waals surface area contributed by atoms with Gasteiger partial charge in [0.2, 0.25) is 5.91 Å². The van der Waals surface area contributed by atoms with Crippen molar-refractivity contribution in [2.45, 2.75) is 13.5 Å². The van der Waals surface area contributed by atoms with Gasteiger partial charge in [0.25, 0.3) is 5.91 Å². The number of nitrogens with zero attached hydrogens (tertiary/aromatic N) is 1. The lowest BCUT2D eigenvalue weighted by Crippen LogP contribution is -2.17. The van der Waals surface area contributed by atoms with Crippen molar-refractivity contribution in [3.05, 3.63) is 87.0 Å². The van der Waals surface area contributed by atoms with Crippen molar-refractivity contribution in [2.75, 3.05) is 12.4 Å². The second-order valence-electron chi connectivity index (χ2n) is 6.77. The first-order valence-electron chi connectivity index (χ1n) is 9.71. The minimum atomic E-state index is -0.361. The summed E-state index contributed by atoms with van der Waals surface area (Å²) in [5.41, 5.74) is 5.35. The zero-order chi connectivity index (χ0) is 22.9. The van der Waals surface area contributed by atoms with Crippen molar-refractivity contribution in [1.29, 1.82) is 0 Å². The van der Waals surface area contributed by atoms with Crippen molar-refractivity contribution >= 4 is 46.3 Å². The van der Waals surface area contributed by atoms with Crippen molar-refractivity contribution in [3.63, 3.8) is 0 Å². The van der Waals surface area contributed by atoms with Crippen molar-refractivity contribution < 1.29 is 19.1 Å². The summed E-state index contributed by atoms with van der Waals surface area (Å²) < 4.78 is 12.3. The van der Waals surface area contributed by atoms with E-state index in [0.29, 0.717) is 29.4 Å². The third-order valence-corrected chi connectivity index (χ3v) is 5.13. The van der Waals surface area contributed by atoms with Gasteiger partial charge in [-0.25, -0.2) is 5.43 Å². The standard InChI is InChI=1S/C24H22IN3O4/c1-16(29)27-20-10-8-19(9-11-20)24(30)28-26-14-18-12-21(25)23(22(13-18)31-2)32-15-17-6-4-3-5-7-17/h3-14H,15H2,1-2H3,(H,27,29)(H,28,30)/b26-14-. The summed E-state index contributed by atoms with van der Waals surface area (Å²) >= 11 is 2.18. The molecule has 0 spiro atoms. The van der Waals surface area contributed by atoms with Crippen LogP contribution in [0.5, 0.6) is 11.5 Å². The Morgan fingerprint density at radius 1 is 1.06 bits per heavy atom. The van der Waals surface area contributed by atoms with Crippen LogP contribution in [0.1, 0.15) is 28.4 Å². The Balaban J connectivity index is 1.64. The Morgan fingerprint density at radius 3 is 2.44 bits per heavy atom. The fraction of sp³-hybridized carbons (Fsp3) is 0.125. The fourth-order valence-corrected chi connectivity index (χ4v) is 3.60. The number of benzene rings is 3. The minimum absolute atomic E-state index is 0.173. The molecule has 8 heteroatoms. The van der Waals surface area contributed by atoms with Crippen LogP contribution >= 0.6 is 22.6 Å². The Morgan fingerprint density at radius 2 is 1.78 bits per heavy atom. The number of amides is 2. The van der Waals surface area contributed by atoms with Crippen LogP contribution in [0.2, 0.25) is 0 Å². The quantitative estimate of drug-likeness (QED) is 0.247. The lowest BCUT2D eigenvalue weighted by molar-refractivity contribution is -0.114. The van der Waals surface area contributed by atoms with E-state index < -0.39 is 0 Å². The Labute approximate surface area is 200 Å². The smallest absolute Gasteiger partial charge is 0.271 e. The van der Waals surface area contributed by atoms with E-state index in [1.807, 2.05) is 36.4 Å². The molecule has 3 rings (SSSR count). The number of anilines is 1. The zero-order valence-electron chi connectivity index (χ0n) is 17.6. The summed E-state index contributed by atoms with van der Waals surface area (Å²) in [4.78, 5) is 23.3. The number of halogens is 1. The van der Waals surface area contributed by atoms with Gasteiger partial charge in [-0.1, -0.05) is 30.3 Å². The maximum absolute atomic E-state index is 12.3. The predicted molar refractivity (Wildman–Crippen MR) is 132 cm³/mol. The lowest BCUT2D eigenvalue weighted by atomic mass is 10.2. The van der Waals surface area contributed by atoms with E-state index in [-0.39, 0.29) is 11.8 Å². The molecule has 3 aromatic rings. The van der Waals surface area contributed by atoms with Gasteiger partial charge in [0, 0.05) is 18.2 Å². The number of methoxy groups -OCH3 is 1. The normalized spacial score (nSPS) is 10.6. The molecule has 0 aliphatic heterocycles. The molecule has 0 fully saturated rings. The first kappa shape index (κ1) is 23.3. The molecule has 0 atom stereocenters. The molecular weight excluding hydrogens is 521 g/mol. The fourth-order valence-electron chi connectivity index (χ4n) is 2.82. The molecule has 0 bridgehead atoms. The summed E-state index contributed by atoms with van der Waals surface area (Å²) in [6.07, 6.45) is 1.54. The summed E-state index contributed by atoms with van der Waals surface area (Å²) in [5.74, 6) is 0.694. The van der Waals surface area contributed by atoms with E-state index in [0.717, 1.165) is 14.7 Å². The maximum atomic E-state index is 12.3. The number of hydrogen-bond acceptors (Lipinski definition) is 5. The van der Waals surface area contributed by atoms with Crippen LogP contribution in [0.25, 0.3) is 0 Å². The number of ether oxygens (including phenoxy) is 2. The second-order valence-corrected chi connectivity index (χ2v) is 7.93. The number of hydrogen-bond donors (Lipinski definition) is 2. The molecule has 32 heavy (non-hydrogen) atoms. The van der Waals surface area contributed by atoms with Crippen molar-refractivity contribution in [1.82, 2.24) is 5.43 Å². The Kier molecular flexibility index (Phi) is 8.20. The van der Waals surface area contributed by atoms with Crippen molar-refractivity contribution in [2.24, 2.45) is 5.10 Å². The van der Waals surface area contributed by atoms with Crippen LogP contribution in [-0.4, -0.2) is 25.1 Å². The second kappa shape index (κ2) is 11.3. The summed E-state index contributed by atoms with van der Waals surface area (Å²) in [7, 11) is 1.58. The molecule has 0 saturated carbocycles. The van der Waals surface area contributed by atoms with Gasteiger partial charge < -0.3 is 14.8 Å². The van der Waals surface area contributed by atoms with Gasteiger partial charge in [0.05, 0.1) is 16.9 Å². The third kappa shape index (κ3) is 6.55. The zero-order valence-corrected chi connectivity index (χ0v) is 19.8. The summed E-state index contributed by atoms with van der Waals surface area (Å²) in [5, 5.41) is 6.69. The van der Waals surface area contributed by atoms with Crippen molar-refractivity contribution in [3.8, 4) is 11.5 Å².